The Bertz CT molecular complexity index is 574. The Balaban J connectivity index is 2.03. The summed E-state index contributed by atoms with van der Waals surface area (Å²) in [6, 6.07) is 7.78. The first-order chi connectivity index (χ1) is 8.90. The first-order valence-electron chi connectivity index (χ1n) is 6.15. The van der Waals surface area contributed by atoms with Crippen molar-refractivity contribution in [2.24, 2.45) is 5.84 Å². The van der Waals surface area contributed by atoms with Crippen LogP contribution in [0, 0.1) is 0 Å². The molecule has 0 aliphatic carbocycles. The summed E-state index contributed by atoms with van der Waals surface area (Å²) in [5.41, 5.74) is 4.69. The van der Waals surface area contributed by atoms with Gasteiger partial charge in [-0.25, -0.2) is 5.43 Å². The molecule has 3 N–H and O–H groups in total. The van der Waals surface area contributed by atoms with Gasteiger partial charge in [0.15, 0.2) is 0 Å². The van der Waals surface area contributed by atoms with E-state index in [0.29, 0.717) is 0 Å². The summed E-state index contributed by atoms with van der Waals surface area (Å²) in [7, 11) is 0. The van der Waals surface area contributed by atoms with E-state index in [1.807, 2.05) is 24.3 Å². The van der Waals surface area contributed by atoms with Gasteiger partial charge in [-0.15, -0.1) is 0 Å². The zero-order valence-corrected chi connectivity index (χ0v) is 10.1. The maximum atomic E-state index is 5.68. The largest absolute Gasteiger partial charge is 0.496 e. The monoisotopic (exact) mass is 244 g/mol. The Kier molecular flexibility index (Phi) is 3.04. The lowest BCUT2D eigenvalue weighted by Gasteiger charge is -2.22. The zero-order valence-electron chi connectivity index (χ0n) is 10.1. The summed E-state index contributed by atoms with van der Waals surface area (Å²) in [5, 5.41) is 1.07. The van der Waals surface area contributed by atoms with E-state index in [1.165, 1.54) is 0 Å². The molecule has 18 heavy (non-hydrogen) atoms. The molecule has 4 heteroatoms. The summed E-state index contributed by atoms with van der Waals surface area (Å²) in [6.45, 7) is 0.750. The van der Waals surface area contributed by atoms with Crippen molar-refractivity contribution < 1.29 is 9.15 Å². The summed E-state index contributed by atoms with van der Waals surface area (Å²) >= 11 is 0. The molecule has 2 aromatic rings. The molecule has 1 aromatic heterocycles. The second-order valence-corrected chi connectivity index (χ2v) is 4.38. The van der Waals surface area contributed by atoms with E-state index in [0.717, 1.165) is 41.7 Å². The van der Waals surface area contributed by atoms with Crippen molar-refractivity contribution in [1.82, 2.24) is 5.43 Å². The van der Waals surface area contributed by atoms with Gasteiger partial charge in [-0.05, 0) is 25.0 Å². The molecule has 2 heterocycles. The highest BCUT2D eigenvalue weighted by atomic mass is 16.5. The molecule has 0 saturated heterocycles. The number of benzene rings is 1. The molecule has 0 radical (unpaired) electrons. The number of hydrogen-bond acceptors (Lipinski definition) is 4. The first kappa shape index (κ1) is 11.3. The summed E-state index contributed by atoms with van der Waals surface area (Å²) in [5.74, 6) is 6.56. The van der Waals surface area contributed by atoms with Gasteiger partial charge in [-0.2, -0.15) is 0 Å². The highest BCUT2D eigenvalue weighted by Gasteiger charge is 2.22. The molecule has 4 nitrogen and oxygen atoms in total. The van der Waals surface area contributed by atoms with Crippen molar-refractivity contribution in [3.8, 4) is 0 Å². The van der Waals surface area contributed by atoms with Crippen molar-refractivity contribution >= 4 is 11.0 Å². The number of rotatable bonds is 3. The first-order valence-corrected chi connectivity index (χ1v) is 6.15. The molecule has 1 atom stereocenters. The number of hydrazine groups is 1. The maximum absolute atomic E-state index is 5.68. The van der Waals surface area contributed by atoms with Crippen LogP contribution < -0.4 is 11.3 Å². The Morgan fingerprint density at radius 3 is 2.94 bits per heavy atom. The van der Waals surface area contributed by atoms with E-state index in [9.17, 15) is 0 Å². The van der Waals surface area contributed by atoms with Gasteiger partial charge in [0.1, 0.15) is 17.4 Å². The van der Waals surface area contributed by atoms with Gasteiger partial charge in [0.25, 0.3) is 0 Å². The van der Waals surface area contributed by atoms with Gasteiger partial charge in [-0.1, -0.05) is 18.2 Å². The van der Waals surface area contributed by atoms with Crippen LogP contribution in [0.25, 0.3) is 11.0 Å². The zero-order chi connectivity index (χ0) is 12.4. The molecule has 0 spiro atoms. The average Bonchev–Trinajstić information content (AvgIpc) is 2.85. The minimum Gasteiger partial charge on any atom is -0.496 e. The third-order valence-electron chi connectivity index (χ3n) is 3.24. The lowest BCUT2D eigenvalue weighted by atomic mass is 10.0. The van der Waals surface area contributed by atoms with Crippen molar-refractivity contribution in [2.45, 2.75) is 18.9 Å². The van der Waals surface area contributed by atoms with Gasteiger partial charge in [-0.3, -0.25) is 5.84 Å². The standard InChI is InChI=1S/C14H16N2O2/c15-16-14(13-7-3-4-8-17-13)11-9-18-12-6-2-1-5-10(11)12/h1-2,5-7,9,14,16H,3-4,8,15H2. The lowest BCUT2D eigenvalue weighted by molar-refractivity contribution is 0.168. The minimum absolute atomic E-state index is 0.144. The fraction of sp³-hybridized carbons (Fsp3) is 0.286. The average molecular weight is 244 g/mol. The molecule has 94 valence electrons. The molecule has 1 aliphatic heterocycles. The van der Waals surface area contributed by atoms with E-state index in [4.69, 9.17) is 15.0 Å². The van der Waals surface area contributed by atoms with E-state index in [-0.39, 0.29) is 6.04 Å². The van der Waals surface area contributed by atoms with Crippen LogP contribution in [0.4, 0.5) is 0 Å². The number of fused-ring (bicyclic) bond motifs is 1. The van der Waals surface area contributed by atoms with Gasteiger partial charge in [0, 0.05) is 10.9 Å². The molecule has 0 fully saturated rings. The van der Waals surface area contributed by atoms with Gasteiger partial charge < -0.3 is 9.15 Å². The number of ether oxygens (including phenoxy) is 1. The smallest absolute Gasteiger partial charge is 0.134 e. The third-order valence-corrected chi connectivity index (χ3v) is 3.24. The Morgan fingerprint density at radius 1 is 1.28 bits per heavy atom. The fourth-order valence-electron chi connectivity index (χ4n) is 2.32. The molecule has 1 aliphatic rings. The lowest BCUT2D eigenvalue weighted by Crippen LogP contribution is -2.30. The van der Waals surface area contributed by atoms with Crippen molar-refractivity contribution in [3.05, 3.63) is 47.9 Å². The number of para-hydroxylation sites is 1. The molecule has 0 bridgehead atoms. The second kappa shape index (κ2) is 4.84. The molecule has 3 rings (SSSR count). The Labute approximate surface area is 105 Å². The number of furan rings is 1. The molecule has 1 aromatic carbocycles. The molecule has 0 amide bonds. The van der Waals surface area contributed by atoms with E-state index >= 15 is 0 Å². The van der Waals surface area contributed by atoms with Crippen LogP contribution >= 0.6 is 0 Å². The predicted octanol–water partition coefficient (Wildman–Crippen LogP) is 2.63. The minimum atomic E-state index is -0.144. The van der Waals surface area contributed by atoms with Crippen LogP contribution in [0.5, 0.6) is 0 Å². The van der Waals surface area contributed by atoms with Crippen LogP contribution in [-0.4, -0.2) is 6.61 Å². The molecule has 0 saturated carbocycles. The topological polar surface area (TPSA) is 60.4 Å². The predicted molar refractivity (Wildman–Crippen MR) is 69.5 cm³/mol. The van der Waals surface area contributed by atoms with E-state index < -0.39 is 0 Å². The number of allylic oxidation sites excluding steroid dienone is 1. The second-order valence-electron chi connectivity index (χ2n) is 4.38. The van der Waals surface area contributed by atoms with Gasteiger partial charge in [0.05, 0.1) is 12.9 Å². The van der Waals surface area contributed by atoms with Crippen molar-refractivity contribution in [3.63, 3.8) is 0 Å². The van der Waals surface area contributed by atoms with Crippen molar-refractivity contribution in [2.75, 3.05) is 6.61 Å². The maximum Gasteiger partial charge on any atom is 0.134 e. The fourth-order valence-corrected chi connectivity index (χ4v) is 2.32. The Hall–Kier alpha value is -1.78. The summed E-state index contributed by atoms with van der Waals surface area (Å²) in [6.07, 6.45) is 5.93. The SMILES string of the molecule is NNC(C1=CCCCO1)c1coc2ccccc12. The van der Waals surface area contributed by atoms with Crippen LogP contribution in [0.2, 0.25) is 0 Å². The van der Waals surface area contributed by atoms with Gasteiger partial charge in [0.2, 0.25) is 0 Å². The highest BCUT2D eigenvalue weighted by Crippen LogP contribution is 2.31. The van der Waals surface area contributed by atoms with E-state index in [2.05, 4.69) is 11.5 Å². The third kappa shape index (κ3) is 1.89. The molecular formula is C14H16N2O2. The van der Waals surface area contributed by atoms with Crippen LogP contribution in [-0.2, 0) is 4.74 Å². The number of nitrogens with two attached hydrogens (primary N) is 1. The van der Waals surface area contributed by atoms with Crippen molar-refractivity contribution in [1.29, 1.82) is 0 Å². The highest BCUT2D eigenvalue weighted by molar-refractivity contribution is 5.81. The van der Waals surface area contributed by atoms with Crippen LogP contribution in [0.1, 0.15) is 24.4 Å². The summed E-state index contributed by atoms with van der Waals surface area (Å²) in [4.78, 5) is 0. The Morgan fingerprint density at radius 2 is 2.17 bits per heavy atom. The quantitative estimate of drug-likeness (QED) is 0.643. The number of hydrogen-bond donors (Lipinski definition) is 2. The molecule has 1 unspecified atom stereocenters. The van der Waals surface area contributed by atoms with Gasteiger partial charge >= 0.3 is 0 Å². The summed E-state index contributed by atoms with van der Waals surface area (Å²) < 4.78 is 11.2. The van der Waals surface area contributed by atoms with Crippen LogP contribution in [0.3, 0.4) is 0 Å². The molecular weight excluding hydrogens is 228 g/mol. The van der Waals surface area contributed by atoms with E-state index in [1.54, 1.807) is 6.26 Å². The van der Waals surface area contributed by atoms with Crippen LogP contribution in [0.15, 0.2) is 46.8 Å². The normalized spacial score (nSPS) is 17.3. The number of nitrogens with one attached hydrogen (secondary N) is 1.